The van der Waals surface area contributed by atoms with Crippen LogP contribution in [-0.2, 0) is 31.3 Å². The van der Waals surface area contributed by atoms with Crippen molar-refractivity contribution in [2.24, 2.45) is 17.1 Å². The lowest BCUT2D eigenvalue weighted by atomic mass is 10.1. The van der Waals surface area contributed by atoms with E-state index in [0.717, 1.165) is 17.7 Å². The first-order valence-electron chi connectivity index (χ1n) is 12.3. The first-order valence-corrected chi connectivity index (χ1v) is 14.8. The van der Waals surface area contributed by atoms with Gasteiger partial charge in [0.2, 0.25) is 0 Å². The summed E-state index contributed by atoms with van der Waals surface area (Å²) in [6, 6.07) is 7.02. The number of aliphatic imine (C=N–C) groups is 1. The van der Waals surface area contributed by atoms with Crippen LogP contribution in [0.3, 0.4) is 0 Å². The van der Waals surface area contributed by atoms with Crippen LogP contribution in [0, 0.1) is 32.8 Å². The third-order valence-corrected chi connectivity index (χ3v) is 7.58. The Labute approximate surface area is 245 Å². The van der Waals surface area contributed by atoms with Gasteiger partial charge in [0, 0.05) is 55.2 Å². The Morgan fingerprint density at radius 1 is 1.21 bits per heavy atom. The Kier molecular flexibility index (Phi) is 9.46. The molecule has 3 heterocycles. The first-order chi connectivity index (χ1) is 19.9. The number of carbonyl (C=O) groups excluding carboxylic acids is 1. The van der Waals surface area contributed by atoms with E-state index in [4.69, 9.17) is 20.3 Å². The van der Waals surface area contributed by atoms with Gasteiger partial charge >= 0.3 is 0 Å². The lowest BCUT2D eigenvalue weighted by Crippen LogP contribution is -2.31. The van der Waals surface area contributed by atoms with Gasteiger partial charge < -0.3 is 10.0 Å². The second-order valence-electron chi connectivity index (χ2n) is 9.16. The number of ketones is 1. The molecule has 0 fully saturated rings. The fraction of sp³-hybridized carbons (Fsp3) is 0.320. The maximum Gasteiger partial charge on any atom is 0.266 e. The van der Waals surface area contributed by atoms with Gasteiger partial charge in [0.15, 0.2) is 11.5 Å². The summed E-state index contributed by atoms with van der Waals surface area (Å²) in [7, 11) is -2.40. The third-order valence-electron chi connectivity index (χ3n) is 6.38. The molecule has 1 aromatic carbocycles. The molecule has 0 spiro atoms. The van der Waals surface area contributed by atoms with Gasteiger partial charge in [-0.25, -0.2) is 19.9 Å². The van der Waals surface area contributed by atoms with Crippen LogP contribution in [0.5, 0.6) is 0 Å². The topological polar surface area (TPSA) is 194 Å². The summed E-state index contributed by atoms with van der Waals surface area (Å²) in [5.41, 5.74) is 4.58. The number of rotatable bonds is 12. The van der Waals surface area contributed by atoms with E-state index >= 15 is 0 Å². The maximum absolute atomic E-state index is 12.7. The molecule has 0 aliphatic carbocycles. The van der Waals surface area contributed by atoms with Crippen LogP contribution >= 0.6 is 12.0 Å². The summed E-state index contributed by atoms with van der Waals surface area (Å²) in [4.78, 5) is 23.9. The number of aliphatic hydroxyl groups is 1. The molecule has 15 nitrogen and oxygen atoms in total. The van der Waals surface area contributed by atoms with Crippen molar-refractivity contribution in [2.45, 2.75) is 20.8 Å². The van der Waals surface area contributed by atoms with Gasteiger partial charge in [-0.15, -0.1) is 4.33 Å². The van der Waals surface area contributed by atoms with Gasteiger partial charge in [0.25, 0.3) is 15.9 Å². The minimum Gasteiger partial charge on any atom is -0.462 e. The number of aryl methyl sites for hydroxylation is 3. The predicted octanol–water partition coefficient (Wildman–Crippen LogP) is 2.21. The lowest BCUT2D eigenvalue weighted by Gasteiger charge is -2.24. The van der Waals surface area contributed by atoms with Crippen molar-refractivity contribution < 1.29 is 37.5 Å². The molecule has 3 aromatic rings. The normalized spacial score (nSPS) is 13.6. The van der Waals surface area contributed by atoms with Crippen molar-refractivity contribution in [3.63, 3.8) is 0 Å². The highest BCUT2D eigenvalue weighted by Crippen LogP contribution is 2.30. The average Bonchev–Trinajstić information content (AvgIpc) is 3.56. The Balaban J connectivity index is 1.73. The van der Waals surface area contributed by atoms with E-state index < -0.39 is 21.7 Å². The molecule has 0 saturated carbocycles. The monoisotopic (exact) mass is 617 g/mol. The minimum absolute atomic E-state index is 0.0235. The molecule has 4 rings (SSSR count). The molecule has 0 atom stereocenters. The van der Waals surface area contributed by atoms with Crippen LogP contribution in [0.2, 0.25) is 0 Å². The van der Waals surface area contributed by atoms with Crippen LogP contribution < -0.4 is 4.90 Å². The summed E-state index contributed by atoms with van der Waals surface area (Å²) >= 11 is 0.805. The Morgan fingerprint density at radius 3 is 2.60 bits per heavy atom. The van der Waals surface area contributed by atoms with Gasteiger partial charge in [0.05, 0.1) is 17.1 Å². The number of aromatic nitrogens is 4. The second-order valence-corrected chi connectivity index (χ2v) is 11.5. The highest BCUT2D eigenvalue weighted by atomic mass is 32.2. The molecule has 1 aliphatic rings. The van der Waals surface area contributed by atoms with Crippen molar-refractivity contribution in [1.82, 2.24) is 19.4 Å². The summed E-state index contributed by atoms with van der Waals surface area (Å²) in [5, 5.41) is 29.8. The predicted molar refractivity (Wildman–Crippen MR) is 155 cm³/mol. The summed E-state index contributed by atoms with van der Waals surface area (Å²) < 4.78 is 39.6. The largest absolute Gasteiger partial charge is 0.462 e. The molecular weight excluding hydrogens is 590 g/mol. The fourth-order valence-electron chi connectivity index (χ4n) is 4.19. The molecule has 0 bridgehead atoms. The van der Waals surface area contributed by atoms with E-state index in [1.54, 1.807) is 47.7 Å². The zero-order valence-electron chi connectivity index (χ0n) is 23.0. The molecule has 0 radical (unpaired) electrons. The molecule has 0 amide bonds. The summed E-state index contributed by atoms with van der Waals surface area (Å²) in [6.45, 7) is 5.75. The zero-order valence-corrected chi connectivity index (χ0v) is 24.6. The van der Waals surface area contributed by atoms with Crippen LogP contribution in [0.15, 0.2) is 34.4 Å². The van der Waals surface area contributed by atoms with Crippen molar-refractivity contribution in [3.8, 4) is 23.4 Å². The highest BCUT2D eigenvalue weighted by molar-refractivity contribution is 7.94. The fourth-order valence-corrected chi connectivity index (χ4v) is 5.04. The quantitative estimate of drug-likeness (QED) is 0.0671. The smallest absolute Gasteiger partial charge is 0.266 e. The molecule has 222 valence electrons. The minimum atomic E-state index is -4.22. The van der Waals surface area contributed by atoms with Crippen molar-refractivity contribution >= 4 is 50.7 Å². The zero-order chi connectivity index (χ0) is 30.6. The molecular formula is C25H27N7O8S2. The van der Waals surface area contributed by atoms with E-state index in [0.29, 0.717) is 45.6 Å². The van der Waals surface area contributed by atoms with E-state index in [9.17, 15) is 17.8 Å². The molecule has 2 aromatic heterocycles. The highest BCUT2D eigenvalue weighted by Gasteiger charge is 2.33. The Hall–Kier alpha value is -4.05. The van der Waals surface area contributed by atoms with Crippen LogP contribution in [0.1, 0.15) is 22.8 Å². The molecule has 1 aliphatic heterocycles. The molecule has 42 heavy (non-hydrogen) atoms. The average molecular weight is 618 g/mol. The number of aliphatic hydroxyl groups excluding tert-OH is 1. The number of imidazole rings is 1. The molecule has 17 heteroatoms. The van der Waals surface area contributed by atoms with E-state index in [-0.39, 0.29) is 24.5 Å². The molecule has 3 N–H and O–H groups in total. The van der Waals surface area contributed by atoms with Gasteiger partial charge in [-0.3, -0.25) is 14.0 Å². The van der Waals surface area contributed by atoms with Gasteiger partial charge in [-0.05, 0) is 50.6 Å². The van der Waals surface area contributed by atoms with Crippen LogP contribution in [-0.4, -0.2) is 84.6 Å². The van der Waals surface area contributed by atoms with Crippen molar-refractivity contribution in [3.05, 3.63) is 47.0 Å². The SMILES string of the molecule is Cc1cc(N(CCSOOO)CCS(=O)(=O)O)ccc1/N=C1/C(C(=O)C#CO)=Nn2c1nc(-c1cc(C)n(C)n1)c2C. The standard InChI is InChI=1S/C25H27N7O8S2/c1-15-13-18(31(8-11-41-40-39-35)9-12-42(36,37)38)5-6-19(15)26-24-23(21(34)7-10-33)29-32-17(3)22(27-25(24)32)20-14-16(2)30(4)28-20/h5-6,13-14,33,35H,8-9,11-12H2,1-4H3,(H,36,37,38)/b26-24-. The molecule has 0 saturated heterocycles. The molecule has 0 unspecified atom stereocenters. The van der Waals surface area contributed by atoms with Crippen LogP contribution in [0.4, 0.5) is 11.4 Å². The number of anilines is 1. The van der Waals surface area contributed by atoms with E-state index in [2.05, 4.69) is 25.5 Å². The van der Waals surface area contributed by atoms with Crippen molar-refractivity contribution in [2.75, 3.05) is 29.5 Å². The van der Waals surface area contributed by atoms with Gasteiger partial charge in [-0.1, -0.05) is 5.04 Å². The number of Topliss-reactive ketones (excluding diaryl/α,β-unsaturated/α-hetero) is 1. The second kappa shape index (κ2) is 12.9. The Morgan fingerprint density at radius 2 is 1.98 bits per heavy atom. The third kappa shape index (κ3) is 6.87. The first kappa shape index (κ1) is 30.9. The number of carbonyl (C=O) groups is 1. The maximum atomic E-state index is 12.7. The number of benzene rings is 1. The lowest BCUT2D eigenvalue weighted by molar-refractivity contribution is -0.432. The van der Waals surface area contributed by atoms with E-state index in [1.807, 2.05) is 20.0 Å². The summed E-state index contributed by atoms with van der Waals surface area (Å²) in [6.07, 6.45) is 1.61. The van der Waals surface area contributed by atoms with Crippen LogP contribution in [0.25, 0.3) is 11.4 Å². The van der Waals surface area contributed by atoms with Gasteiger partial charge in [0.1, 0.15) is 23.2 Å². The van der Waals surface area contributed by atoms with Gasteiger partial charge in [-0.2, -0.15) is 18.6 Å². The van der Waals surface area contributed by atoms with E-state index in [1.165, 1.54) is 4.68 Å². The number of hydrogen-bond donors (Lipinski definition) is 3. The summed E-state index contributed by atoms with van der Waals surface area (Å²) in [5.74, 6) is 1.43. The number of nitrogens with zero attached hydrogens (tertiary/aromatic N) is 7. The Bertz CT molecular complexity index is 1730. The van der Waals surface area contributed by atoms with Crippen molar-refractivity contribution in [1.29, 1.82) is 0 Å². The number of hydrogen-bond acceptors (Lipinski definition) is 13. The number of fused-ring (bicyclic) bond motifs is 1.